The predicted molar refractivity (Wildman–Crippen MR) is 146 cm³/mol. The lowest BCUT2D eigenvalue weighted by Crippen LogP contribution is -2.35. The van der Waals surface area contributed by atoms with E-state index < -0.39 is 0 Å². The summed E-state index contributed by atoms with van der Waals surface area (Å²) < 4.78 is 1.88. The number of rotatable bonds is 6. The van der Waals surface area contributed by atoms with E-state index in [9.17, 15) is 0 Å². The summed E-state index contributed by atoms with van der Waals surface area (Å²) in [7, 11) is 0. The summed E-state index contributed by atoms with van der Waals surface area (Å²) in [6.45, 7) is 1.86. The first kappa shape index (κ1) is 22.6. The summed E-state index contributed by atoms with van der Waals surface area (Å²) in [5, 5.41) is 9.65. The van der Waals surface area contributed by atoms with Crippen LogP contribution in [0.4, 0.5) is 17.5 Å². The molecule has 1 aliphatic heterocycles. The third-order valence-corrected chi connectivity index (χ3v) is 7.00. The third-order valence-electron chi connectivity index (χ3n) is 6.77. The Kier molecular flexibility index (Phi) is 6.26. The van der Waals surface area contributed by atoms with Crippen LogP contribution in [0, 0.1) is 5.92 Å². The Balaban J connectivity index is 1.32. The van der Waals surface area contributed by atoms with E-state index in [1.54, 1.807) is 0 Å². The molecule has 0 spiro atoms. The van der Waals surface area contributed by atoms with Crippen molar-refractivity contribution in [1.29, 1.82) is 0 Å². The van der Waals surface area contributed by atoms with Crippen LogP contribution in [0.1, 0.15) is 18.4 Å². The van der Waals surface area contributed by atoms with Crippen molar-refractivity contribution in [2.75, 3.05) is 23.3 Å². The lowest BCUT2D eigenvalue weighted by atomic mass is 9.90. The lowest BCUT2D eigenvalue weighted by molar-refractivity contribution is 0.401. The van der Waals surface area contributed by atoms with Gasteiger partial charge in [0, 0.05) is 23.8 Å². The minimum atomic E-state index is 0.672. The average Bonchev–Trinajstić information content (AvgIpc) is 3.35. The molecule has 3 heterocycles. The molecular weight excluding hydrogens is 468 g/mol. The number of nitrogens with one attached hydrogen (secondary N) is 1. The average molecular weight is 495 g/mol. The first-order valence-corrected chi connectivity index (χ1v) is 12.7. The molecule has 1 aliphatic rings. The number of nitrogens with zero attached hydrogens (tertiary/aromatic N) is 5. The van der Waals surface area contributed by atoms with Gasteiger partial charge in [0.25, 0.3) is 0 Å². The van der Waals surface area contributed by atoms with Crippen LogP contribution in [-0.2, 0) is 6.42 Å². The van der Waals surface area contributed by atoms with Gasteiger partial charge < -0.3 is 10.2 Å². The predicted octanol–water partition coefficient (Wildman–Crippen LogP) is 6.67. The molecule has 1 N–H and O–H groups in total. The quantitative estimate of drug-likeness (QED) is 0.285. The molecular formula is C29H27ClN6. The van der Waals surface area contributed by atoms with Crippen molar-refractivity contribution in [3.8, 4) is 5.69 Å². The molecule has 36 heavy (non-hydrogen) atoms. The molecule has 3 aromatic carbocycles. The highest BCUT2D eigenvalue weighted by molar-refractivity contribution is 6.30. The zero-order valence-electron chi connectivity index (χ0n) is 19.9. The van der Waals surface area contributed by atoms with Crippen molar-refractivity contribution >= 4 is 40.1 Å². The molecule has 0 aliphatic carbocycles. The van der Waals surface area contributed by atoms with Crippen LogP contribution in [-0.4, -0.2) is 32.8 Å². The Morgan fingerprint density at radius 3 is 2.36 bits per heavy atom. The van der Waals surface area contributed by atoms with Gasteiger partial charge in [0.1, 0.15) is 5.82 Å². The molecule has 6 rings (SSSR count). The molecule has 2 aromatic heterocycles. The zero-order chi connectivity index (χ0) is 24.3. The van der Waals surface area contributed by atoms with Gasteiger partial charge in [0.05, 0.1) is 17.3 Å². The maximum absolute atomic E-state index is 6.24. The van der Waals surface area contributed by atoms with E-state index in [2.05, 4.69) is 45.6 Å². The summed E-state index contributed by atoms with van der Waals surface area (Å²) in [6.07, 6.45) is 5.18. The fourth-order valence-electron chi connectivity index (χ4n) is 4.88. The van der Waals surface area contributed by atoms with E-state index in [0.717, 1.165) is 66.5 Å². The van der Waals surface area contributed by atoms with Gasteiger partial charge in [-0.3, -0.25) is 0 Å². The highest BCUT2D eigenvalue weighted by Gasteiger charge is 2.23. The molecule has 6 nitrogen and oxygen atoms in total. The second-order valence-electron chi connectivity index (χ2n) is 9.26. The van der Waals surface area contributed by atoms with Gasteiger partial charge in [0.15, 0.2) is 5.65 Å². The number of aromatic nitrogens is 4. The van der Waals surface area contributed by atoms with Gasteiger partial charge in [-0.25, -0.2) is 4.68 Å². The van der Waals surface area contributed by atoms with Crippen LogP contribution in [0.3, 0.4) is 0 Å². The molecule has 1 saturated heterocycles. The van der Waals surface area contributed by atoms with E-state index >= 15 is 0 Å². The molecule has 5 aromatic rings. The number of hydrogen-bond acceptors (Lipinski definition) is 5. The van der Waals surface area contributed by atoms with E-state index in [0.29, 0.717) is 10.9 Å². The summed E-state index contributed by atoms with van der Waals surface area (Å²) in [6, 6.07) is 28.5. The fourth-order valence-corrected chi connectivity index (χ4v) is 5.07. The maximum atomic E-state index is 6.24. The normalized spacial score (nSPS) is 14.3. The summed E-state index contributed by atoms with van der Waals surface area (Å²) in [5.41, 5.74) is 4.03. The first-order valence-electron chi connectivity index (χ1n) is 12.4. The smallest absolute Gasteiger partial charge is 0.229 e. The molecule has 0 bridgehead atoms. The molecule has 0 atom stereocenters. The van der Waals surface area contributed by atoms with Gasteiger partial charge in [0.2, 0.25) is 5.95 Å². The number of piperidine rings is 1. The second-order valence-corrected chi connectivity index (χ2v) is 9.69. The van der Waals surface area contributed by atoms with Crippen LogP contribution in [0.2, 0.25) is 5.02 Å². The fraction of sp³-hybridized carbons (Fsp3) is 0.207. The maximum Gasteiger partial charge on any atom is 0.229 e. The van der Waals surface area contributed by atoms with E-state index in [1.807, 2.05) is 65.5 Å². The summed E-state index contributed by atoms with van der Waals surface area (Å²) in [4.78, 5) is 12.3. The van der Waals surface area contributed by atoms with Crippen molar-refractivity contribution in [3.05, 3.63) is 102 Å². The van der Waals surface area contributed by atoms with Crippen LogP contribution in [0.15, 0.2) is 91.1 Å². The Bertz CT molecular complexity index is 1460. The van der Waals surface area contributed by atoms with Crippen LogP contribution in [0.25, 0.3) is 16.7 Å². The second kappa shape index (κ2) is 9.99. The number of hydrogen-bond donors (Lipinski definition) is 1. The monoisotopic (exact) mass is 494 g/mol. The van der Waals surface area contributed by atoms with Crippen molar-refractivity contribution in [2.45, 2.75) is 19.3 Å². The Morgan fingerprint density at radius 2 is 1.61 bits per heavy atom. The molecule has 7 heteroatoms. The molecule has 1 fully saturated rings. The van der Waals surface area contributed by atoms with Crippen molar-refractivity contribution in [1.82, 2.24) is 19.7 Å². The number of fused-ring (bicyclic) bond motifs is 1. The van der Waals surface area contributed by atoms with Gasteiger partial charge in [-0.05, 0) is 61.1 Å². The minimum absolute atomic E-state index is 0.672. The van der Waals surface area contributed by atoms with Gasteiger partial charge in [-0.15, -0.1) is 0 Å². The molecule has 0 radical (unpaired) electrons. The van der Waals surface area contributed by atoms with E-state index in [-0.39, 0.29) is 0 Å². The molecule has 180 valence electrons. The molecule has 0 amide bonds. The summed E-state index contributed by atoms with van der Waals surface area (Å²) >= 11 is 6.24. The number of halogens is 1. The number of para-hydroxylation sites is 1. The Hall–Kier alpha value is -3.90. The van der Waals surface area contributed by atoms with Crippen molar-refractivity contribution < 1.29 is 0 Å². The van der Waals surface area contributed by atoms with E-state index in [4.69, 9.17) is 21.6 Å². The van der Waals surface area contributed by atoms with Crippen LogP contribution < -0.4 is 10.2 Å². The number of anilines is 3. The van der Waals surface area contributed by atoms with Gasteiger partial charge >= 0.3 is 0 Å². The highest BCUT2D eigenvalue weighted by Crippen LogP contribution is 2.31. The minimum Gasteiger partial charge on any atom is -0.341 e. The van der Waals surface area contributed by atoms with Crippen LogP contribution in [0.5, 0.6) is 0 Å². The van der Waals surface area contributed by atoms with Crippen LogP contribution >= 0.6 is 11.6 Å². The van der Waals surface area contributed by atoms with E-state index in [1.165, 1.54) is 5.56 Å². The lowest BCUT2D eigenvalue weighted by Gasteiger charge is -2.32. The highest BCUT2D eigenvalue weighted by atomic mass is 35.5. The SMILES string of the molecule is Clc1cccc(Nc2nc(N3CCC(Cc4ccccc4)CC3)nc3c2cnn3-c2ccccc2)c1. The van der Waals surface area contributed by atoms with Gasteiger partial charge in [-0.2, -0.15) is 15.1 Å². The largest absolute Gasteiger partial charge is 0.341 e. The Morgan fingerprint density at radius 1 is 0.861 bits per heavy atom. The molecule has 0 unspecified atom stereocenters. The number of benzene rings is 3. The Labute approximate surface area is 215 Å². The van der Waals surface area contributed by atoms with Crippen molar-refractivity contribution in [2.24, 2.45) is 5.92 Å². The topological polar surface area (TPSA) is 58.9 Å². The zero-order valence-corrected chi connectivity index (χ0v) is 20.6. The summed E-state index contributed by atoms with van der Waals surface area (Å²) in [5.74, 6) is 2.13. The third kappa shape index (κ3) is 4.77. The first-order chi connectivity index (χ1) is 17.7. The van der Waals surface area contributed by atoms with Crippen molar-refractivity contribution in [3.63, 3.8) is 0 Å². The standard InChI is InChI=1S/C29H27ClN6/c30-23-10-7-11-24(19-23)32-27-26-20-31-36(25-12-5-2-6-13-25)28(26)34-29(33-27)35-16-14-22(15-17-35)18-21-8-3-1-4-9-21/h1-13,19-20,22H,14-18H2,(H,32,33,34). The van der Waals surface area contributed by atoms with Gasteiger partial charge in [-0.1, -0.05) is 66.2 Å². The molecule has 0 saturated carbocycles.